The number of hydrogen-bond donors (Lipinski definition) is 3. The molecule has 1 aliphatic heterocycles. The van der Waals surface area contributed by atoms with E-state index in [0.717, 1.165) is 67.4 Å². The normalized spacial score (nSPS) is 25.9. The Kier molecular flexibility index (Phi) is 14.1. The van der Waals surface area contributed by atoms with Gasteiger partial charge in [-0.3, -0.25) is 4.79 Å². The summed E-state index contributed by atoms with van der Waals surface area (Å²) in [6.07, 6.45) is 11.1. The molecule has 0 saturated heterocycles. The van der Waals surface area contributed by atoms with Crippen molar-refractivity contribution in [2.45, 2.75) is 102 Å². The van der Waals surface area contributed by atoms with E-state index in [2.05, 4.69) is 24.9 Å². The fourth-order valence-corrected chi connectivity index (χ4v) is 8.99. The Hall–Kier alpha value is -4.19. The maximum absolute atomic E-state index is 14.2. The summed E-state index contributed by atoms with van der Waals surface area (Å²) in [6, 6.07) is 14.7. The first-order chi connectivity index (χ1) is 26.9. The number of carbonyl (C=O) groups excluding carboxylic acids is 2. The molecule has 2 aromatic rings. The van der Waals surface area contributed by atoms with E-state index in [1.54, 1.807) is 12.1 Å². The number of nitrogens with zero attached hydrogens (tertiary/aromatic N) is 2. The van der Waals surface area contributed by atoms with Crippen LogP contribution in [-0.2, 0) is 20.9 Å². The highest BCUT2D eigenvalue weighted by atomic mass is 16.7. The number of carbonyl (C=O) groups is 2. The van der Waals surface area contributed by atoms with Crippen LogP contribution in [0.5, 0.6) is 11.5 Å². The smallest absolute Gasteiger partial charge is 0.412 e. The summed E-state index contributed by atoms with van der Waals surface area (Å²) >= 11 is 0. The SMILES string of the molecule is C=CCO[C@@]12Oc3ccc(OC(=O)NCc4ccccc4)cc3[C@H]3[C@H](CCCCO)[C@@H](CCCCO)C=C(C(=NOCC)C[C@@H]1N(CCC)C(=O)C1CC1)[C@H]32. The third kappa shape index (κ3) is 9.11. The second-order valence-electron chi connectivity index (χ2n) is 15.2. The van der Waals surface area contributed by atoms with Gasteiger partial charge in [0.05, 0.1) is 18.2 Å². The van der Waals surface area contributed by atoms with E-state index in [1.165, 1.54) is 0 Å². The topological polar surface area (TPSA) is 139 Å². The van der Waals surface area contributed by atoms with Crippen LogP contribution in [0.4, 0.5) is 4.79 Å². The molecular formula is C44H59N3O8. The van der Waals surface area contributed by atoms with E-state index in [9.17, 15) is 19.8 Å². The Labute approximate surface area is 325 Å². The van der Waals surface area contributed by atoms with Crippen molar-refractivity contribution in [3.63, 3.8) is 0 Å². The molecule has 0 radical (unpaired) electrons. The van der Waals surface area contributed by atoms with Crippen LogP contribution in [0, 0.1) is 23.7 Å². The zero-order valence-corrected chi connectivity index (χ0v) is 32.5. The molecule has 2 aromatic carbocycles. The van der Waals surface area contributed by atoms with Crippen LogP contribution < -0.4 is 14.8 Å². The molecule has 0 unspecified atom stereocenters. The standard InChI is InChI=1S/C44H59N3O8/c1-4-22-47(42(50)31-18-19-31)39-28-37(46-53-6-3)35-26-32(16-10-12-23-48)34(17-11-13-24-49)40-36-27-33(54-43(51)45-29-30-14-8-7-9-15-30)20-21-38(36)55-44(39,41(35)40)52-25-5-2/h5,7-9,14-15,20-21,26-27,31-32,34,39-41,48-49H,2,4,6,10-13,16-19,22-25,28-29H2,1,3H3,(H,45,51)/t32-,34+,39-,40+,41+,44+/m0/s1. The van der Waals surface area contributed by atoms with Gasteiger partial charge in [0.15, 0.2) is 0 Å². The number of hydrogen-bond acceptors (Lipinski definition) is 9. The summed E-state index contributed by atoms with van der Waals surface area (Å²) in [6.45, 7) is 9.68. The lowest BCUT2D eigenvalue weighted by atomic mass is 9.55. The predicted molar refractivity (Wildman–Crippen MR) is 211 cm³/mol. The molecule has 4 aliphatic rings. The number of aliphatic hydroxyl groups excluding tert-OH is 2. The molecule has 6 rings (SSSR count). The van der Waals surface area contributed by atoms with Crippen molar-refractivity contribution >= 4 is 17.7 Å². The summed E-state index contributed by atoms with van der Waals surface area (Å²) in [5.74, 6) is -0.602. The third-order valence-corrected chi connectivity index (χ3v) is 11.5. The van der Waals surface area contributed by atoms with Crippen LogP contribution in [0.15, 0.2) is 78.0 Å². The van der Waals surface area contributed by atoms with E-state index in [-0.39, 0.29) is 49.4 Å². The number of amides is 2. The second kappa shape index (κ2) is 19.1. The molecule has 11 nitrogen and oxygen atoms in total. The van der Waals surface area contributed by atoms with Gasteiger partial charge in [0.2, 0.25) is 11.7 Å². The third-order valence-electron chi connectivity index (χ3n) is 11.5. The van der Waals surface area contributed by atoms with Gasteiger partial charge in [-0.15, -0.1) is 6.58 Å². The summed E-state index contributed by atoms with van der Waals surface area (Å²) in [4.78, 5) is 35.2. The van der Waals surface area contributed by atoms with E-state index in [1.807, 2.05) is 54.3 Å². The Morgan fingerprint density at radius 3 is 2.51 bits per heavy atom. The van der Waals surface area contributed by atoms with Gasteiger partial charge in [-0.05, 0) is 93.0 Å². The second-order valence-corrected chi connectivity index (χ2v) is 15.2. The Morgan fingerprint density at radius 2 is 1.82 bits per heavy atom. The molecule has 11 heteroatoms. The molecule has 2 amide bonds. The van der Waals surface area contributed by atoms with Gasteiger partial charge in [-0.2, -0.15) is 0 Å². The first-order valence-corrected chi connectivity index (χ1v) is 20.4. The van der Waals surface area contributed by atoms with Crippen LogP contribution >= 0.6 is 0 Å². The molecule has 3 aliphatic carbocycles. The van der Waals surface area contributed by atoms with Gasteiger partial charge in [0.25, 0.3) is 0 Å². The lowest BCUT2D eigenvalue weighted by Gasteiger charge is -2.60. The highest BCUT2D eigenvalue weighted by Crippen LogP contribution is 2.62. The Bertz CT molecular complexity index is 1680. The van der Waals surface area contributed by atoms with Gasteiger partial charge in [0, 0.05) is 50.1 Å². The monoisotopic (exact) mass is 757 g/mol. The van der Waals surface area contributed by atoms with Crippen molar-refractivity contribution in [3.05, 3.63) is 84.0 Å². The molecule has 3 N–H and O–H groups in total. The number of oxime groups is 1. The first kappa shape index (κ1) is 40.5. The van der Waals surface area contributed by atoms with E-state index in [0.29, 0.717) is 50.5 Å². The minimum atomic E-state index is -1.29. The molecular weight excluding hydrogens is 698 g/mol. The summed E-state index contributed by atoms with van der Waals surface area (Å²) in [7, 11) is 0. The minimum Gasteiger partial charge on any atom is -0.459 e. The highest BCUT2D eigenvalue weighted by Gasteiger charge is 2.65. The predicted octanol–water partition coefficient (Wildman–Crippen LogP) is 7.28. The molecule has 2 fully saturated rings. The van der Waals surface area contributed by atoms with E-state index < -0.39 is 23.8 Å². The van der Waals surface area contributed by atoms with Crippen molar-refractivity contribution < 1.29 is 38.9 Å². The highest BCUT2D eigenvalue weighted by molar-refractivity contribution is 6.03. The molecule has 6 atom stereocenters. The number of nitrogens with one attached hydrogen (secondary N) is 1. The van der Waals surface area contributed by atoms with Crippen molar-refractivity contribution in [2.75, 3.05) is 33.0 Å². The number of unbranched alkanes of at least 4 members (excludes halogenated alkanes) is 2. The molecule has 1 heterocycles. The number of ether oxygens (including phenoxy) is 3. The molecule has 2 saturated carbocycles. The zero-order valence-electron chi connectivity index (χ0n) is 32.5. The molecule has 0 bridgehead atoms. The van der Waals surface area contributed by atoms with Crippen LogP contribution in [0.3, 0.4) is 0 Å². The number of rotatable bonds is 20. The summed E-state index contributed by atoms with van der Waals surface area (Å²) in [5.41, 5.74) is 3.63. The largest absolute Gasteiger partial charge is 0.459 e. The molecule has 0 aromatic heterocycles. The van der Waals surface area contributed by atoms with Gasteiger partial charge >= 0.3 is 6.09 Å². The Morgan fingerprint density at radius 1 is 1.05 bits per heavy atom. The molecule has 55 heavy (non-hydrogen) atoms. The quantitative estimate of drug-likeness (QED) is 0.0728. The summed E-state index contributed by atoms with van der Waals surface area (Å²) in [5, 5.41) is 27.3. The van der Waals surface area contributed by atoms with Gasteiger partial charge < -0.3 is 39.5 Å². The van der Waals surface area contributed by atoms with Gasteiger partial charge in [-0.1, -0.05) is 67.4 Å². The number of fused-ring (bicyclic) bond motifs is 2. The lowest BCUT2D eigenvalue weighted by molar-refractivity contribution is -0.257. The molecule has 298 valence electrons. The number of allylic oxidation sites excluding steroid dienone is 1. The van der Waals surface area contributed by atoms with E-state index >= 15 is 0 Å². The van der Waals surface area contributed by atoms with Crippen molar-refractivity contribution in [1.82, 2.24) is 10.2 Å². The maximum Gasteiger partial charge on any atom is 0.412 e. The molecule has 0 spiro atoms. The van der Waals surface area contributed by atoms with Crippen molar-refractivity contribution in [2.24, 2.45) is 28.8 Å². The van der Waals surface area contributed by atoms with Crippen molar-refractivity contribution in [3.8, 4) is 11.5 Å². The van der Waals surface area contributed by atoms with Crippen LogP contribution in [0.2, 0.25) is 0 Å². The number of benzene rings is 2. The average Bonchev–Trinajstić information content (AvgIpc) is 4.05. The van der Waals surface area contributed by atoms with Crippen LogP contribution in [0.1, 0.15) is 95.1 Å². The van der Waals surface area contributed by atoms with Crippen LogP contribution in [0.25, 0.3) is 0 Å². The fourth-order valence-electron chi connectivity index (χ4n) is 8.99. The summed E-state index contributed by atoms with van der Waals surface area (Å²) < 4.78 is 20.2. The average molecular weight is 758 g/mol. The lowest BCUT2D eigenvalue weighted by Crippen LogP contribution is -2.70. The van der Waals surface area contributed by atoms with Crippen LogP contribution in [-0.4, -0.2) is 77.6 Å². The zero-order chi connectivity index (χ0) is 38.8. The Balaban J connectivity index is 1.50. The first-order valence-electron chi connectivity index (χ1n) is 20.4. The maximum atomic E-state index is 14.2. The van der Waals surface area contributed by atoms with Crippen molar-refractivity contribution in [1.29, 1.82) is 0 Å². The minimum absolute atomic E-state index is 0.0138. The number of aliphatic hydroxyl groups is 2. The van der Waals surface area contributed by atoms with Gasteiger partial charge in [-0.25, -0.2) is 4.79 Å². The van der Waals surface area contributed by atoms with E-state index in [4.69, 9.17) is 24.2 Å². The fraction of sp³-hybridized carbons (Fsp3) is 0.568. The van der Waals surface area contributed by atoms with Gasteiger partial charge in [0.1, 0.15) is 24.1 Å².